The Morgan fingerprint density at radius 2 is 1.96 bits per heavy atom. The minimum Gasteiger partial charge on any atom is -0.466 e. The van der Waals surface area contributed by atoms with Gasteiger partial charge in [-0.3, -0.25) is 0 Å². The molecule has 1 aromatic rings. The van der Waals surface area contributed by atoms with Crippen LogP contribution in [0, 0.1) is 0 Å². The molecule has 1 aromatic carbocycles. The number of carbonyl (C=O) groups excluding carboxylic acids is 1. The zero-order valence-electron chi connectivity index (χ0n) is 14.4. The van der Waals surface area contributed by atoms with Crippen LogP contribution in [0.4, 0.5) is 0 Å². The number of rotatable bonds is 5. The molecule has 0 amide bonds. The van der Waals surface area contributed by atoms with Gasteiger partial charge in [0.05, 0.1) is 31.4 Å². The quantitative estimate of drug-likeness (QED) is 0.598. The largest absolute Gasteiger partial charge is 0.466 e. The number of ether oxygens (including phenoxy) is 2. The first-order chi connectivity index (χ1) is 11.8. The maximum Gasteiger partial charge on any atom is 0.337 e. The summed E-state index contributed by atoms with van der Waals surface area (Å²) in [7, 11) is 2.95. The number of nitrogens with zero attached hydrogens (tertiary/aromatic N) is 1. The molecule has 2 rings (SSSR count). The topological polar surface area (TPSA) is 50.8 Å². The molecule has 0 fully saturated rings. The van der Waals surface area contributed by atoms with Crippen molar-refractivity contribution in [2.24, 2.45) is 0 Å². The molecular weight excluding hydrogens is 383 g/mol. The van der Waals surface area contributed by atoms with E-state index in [-0.39, 0.29) is 6.04 Å². The normalized spacial score (nSPS) is 18.9. The van der Waals surface area contributed by atoms with Gasteiger partial charge in [-0.2, -0.15) is 0 Å². The fourth-order valence-corrected chi connectivity index (χ4v) is 4.03. The van der Waals surface area contributed by atoms with Gasteiger partial charge < -0.3 is 19.7 Å². The highest BCUT2D eigenvalue weighted by Gasteiger charge is 2.37. The lowest BCUT2D eigenvalue weighted by Crippen LogP contribution is -2.52. The molecule has 25 heavy (non-hydrogen) atoms. The smallest absolute Gasteiger partial charge is 0.337 e. The molecule has 0 saturated heterocycles. The van der Waals surface area contributed by atoms with Crippen LogP contribution in [0.5, 0.6) is 0 Å². The molecule has 1 aliphatic rings. The SMILES string of the molecule is COC[C@@H](C)N1C(=S)N[C@H](c2c(Cl)cccc2Cl)C(C(=O)OC)=C1C. The third kappa shape index (κ3) is 3.92. The molecule has 1 aliphatic heterocycles. The van der Waals surface area contributed by atoms with Crippen molar-refractivity contribution in [3.63, 3.8) is 0 Å². The third-order valence-electron chi connectivity index (χ3n) is 4.07. The Hall–Kier alpha value is -1.34. The molecule has 1 N–H and O–H groups in total. The van der Waals surface area contributed by atoms with Crippen LogP contribution in [-0.2, 0) is 14.3 Å². The summed E-state index contributed by atoms with van der Waals surface area (Å²) in [5.74, 6) is -0.469. The van der Waals surface area contributed by atoms with Gasteiger partial charge in [0.2, 0.25) is 0 Å². The zero-order valence-corrected chi connectivity index (χ0v) is 16.8. The molecule has 136 valence electrons. The summed E-state index contributed by atoms with van der Waals surface area (Å²) in [6.07, 6.45) is 0. The van der Waals surface area contributed by atoms with Gasteiger partial charge in [0, 0.05) is 28.4 Å². The number of methoxy groups -OCH3 is 2. The Morgan fingerprint density at radius 1 is 1.36 bits per heavy atom. The predicted molar refractivity (Wildman–Crippen MR) is 103 cm³/mol. The molecule has 2 atom stereocenters. The van der Waals surface area contributed by atoms with Gasteiger partial charge in [0.1, 0.15) is 0 Å². The third-order valence-corrected chi connectivity index (χ3v) is 5.04. The van der Waals surface area contributed by atoms with E-state index in [9.17, 15) is 4.79 Å². The van der Waals surface area contributed by atoms with E-state index in [1.165, 1.54) is 7.11 Å². The van der Waals surface area contributed by atoms with Crippen LogP contribution in [0.2, 0.25) is 10.0 Å². The van der Waals surface area contributed by atoms with E-state index in [0.29, 0.717) is 38.6 Å². The molecule has 1 heterocycles. The first kappa shape index (κ1) is 20.0. The summed E-state index contributed by atoms with van der Waals surface area (Å²) in [4.78, 5) is 14.3. The van der Waals surface area contributed by atoms with E-state index >= 15 is 0 Å². The lowest BCUT2D eigenvalue weighted by molar-refractivity contribution is -0.136. The second-order valence-corrected chi connectivity index (χ2v) is 6.88. The number of hydrogen-bond acceptors (Lipinski definition) is 4. The van der Waals surface area contributed by atoms with Crippen LogP contribution in [-0.4, -0.2) is 42.8 Å². The fraction of sp³-hybridized carbons (Fsp3) is 0.412. The first-order valence-corrected chi connectivity index (χ1v) is 8.81. The van der Waals surface area contributed by atoms with E-state index in [2.05, 4.69) is 5.32 Å². The molecule has 0 saturated carbocycles. The Labute approximate surface area is 162 Å². The highest BCUT2D eigenvalue weighted by atomic mass is 35.5. The maximum atomic E-state index is 12.5. The van der Waals surface area contributed by atoms with Crippen molar-refractivity contribution in [2.75, 3.05) is 20.8 Å². The van der Waals surface area contributed by atoms with E-state index in [1.807, 2.05) is 18.7 Å². The van der Waals surface area contributed by atoms with Crippen molar-refractivity contribution in [1.82, 2.24) is 10.2 Å². The number of thiocarbonyl (C=S) groups is 1. The number of nitrogens with one attached hydrogen (secondary N) is 1. The number of benzene rings is 1. The van der Waals surface area contributed by atoms with Crippen molar-refractivity contribution in [3.8, 4) is 0 Å². The average Bonchev–Trinajstić information content (AvgIpc) is 2.54. The molecule has 0 radical (unpaired) electrons. The van der Waals surface area contributed by atoms with E-state index in [4.69, 9.17) is 44.9 Å². The van der Waals surface area contributed by atoms with Gasteiger partial charge in [-0.05, 0) is 38.2 Å². The fourth-order valence-electron chi connectivity index (χ4n) is 2.98. The minimum atomic E-state index is -0.591. The van der Waals surface area contributed by atoms with Crippen LogP contribution < -0.4 is 5.32 Å². The van der Waals surface area contributed by atoms with E-state index < -0.39 is 12.0 Å². The van der Waals surface area contributed by atoms with Gasteiger partial charge in [-0.1, -0.05) is 29.3 Å². The van der Waals surface area contributed by atoms with Crippen molar-refractivity contribution in [3.05, 3.63) is 45.1 Å². The number of halogens is 2. The van der Waals surface area contributed by atoms with Gasteiger partial charge in [-0.15, -0.1) is 0 Å². The summed E-state index contributed by atoms with van der Waals surface area (Å²) in [6, 6.07) is 4.53. The summed E-state index contributed by atoms with van der Waals surface area (Å²) in [5.41, 5.74) is 1.68. The summed E-state index contributed by atoms with van der Waals surface area (Å²) in [5, 5.41) is 4.53. The molecule has 0 unspecified atom stereocenters. The van der Waals surface area contributed by atoms with Crippen LogP contribution in [0.1, 0.15) is 25.5 Å². The number of esters is 1. The molecule has 0 aromatic heterocycles. The number of carbonyl (C=O) groups is 1. The van der Waals surface area contributed by atoms with Crippen molar-refractivity contribution in [2.45, 2.75) is 25.9 Å². The summed E-state index contributed by atoms with van der Waals surface area (Å²) in [6.45, 7) is 4.23. The summed E-state index contributed by atoms with van der Waals surface area (Å²) < 4.78 is 10.2. The highest BCUT2D eigenvalue weighted by molar-refractivity contribution is 7.80. The highest BCUT2D eigenvalue weighted by Crippen LogP contribution is 2.38. The lowest BCUT2D eigenvalue weighted by atomic mass is 9.94. The monoisotopic (exact) mass is 402 g/mol. The molecule has 5 nitrogen and oxygen atoms in total. The Balaban J connectivity index is 2.62. The van der Waals surface area contributed by atoms with Crippen LogP contribution in [0.3, 0.4) is 0 Å². The van der Waals surface area contributed by atoms with Crippen LogP contribution >= 0.6 is 35.4 Å². The van der Waals surface area contributed by atoms with Crippen LogP contribution in [0.25, 0.3) is 0 Å². The molecule has 0 aliphatic carbocycles. The summed E-state index contributed by atoms with van der Waals surface area (Å²) >= 11 is 18.2. The van der Waals surface area contributed by atoms with Crippen LogP contribution in [0.15, 0.2) is 29.5 Å². The van der Waals surface area contributed by atoms with Crippen molar-refractivity contribution < 1.29 is 14.3 Å². The number of hydrogen-bond donors (Lipinski definition) is 1. The van der Waals surface area contributed by atoms with Gasteiger partial charge in [0.15, 0.2) is 5.11 Å². The van der Waals surface area contributed by atoms with Crippen molar-refractivity contribution >= 4 is 46.5 Å². The molecule has 8 heteroatoms. The molecule has 0 spiro atoms. The van der Waals surface area contributed by atoms with E-state index in [0.717, 1.165) is 0 Å². The average molecular weight is 403 g/mol. The first-order valence-electron chi connectivity index (χ1n) is 7.65. The lowest BCUT2D eigenvalue weighted by Gasteiger charge is -2.40. The maximum absolute atomic E-state index is 12.5. The second-order valence-electron chi connectivity index (χ2n) is 5.68. The Kier molecular flexibility index (Phi) is 6.68. The predicted octanol–water partition coefficient (Wildman–Crippen LogP) is 3.71. The van der Waals surface area contributed by atoms with Gasteiger partial charge >= 0.3 is 5.97 Å². The van der Waals surface area contributed by atoms with Crippen molar-refractivity contribution in [1.29, 1.82) is 0 Å². The Morgan fingerprint density at radius 3 is 2.48 bits per heavy atom. The minimum absolute atomic E-state index is 0.0627. The standard InChI is InChI=1S/C17H20Cl2N2O3S/c1-9(8-23-3)21-10(2)13(16(22)24-4)15(20-17(21)25)14-11(18)6-5-7-12(14)19/h5-7,9,15H,8H2,1-4H3,(H,20,25)/t9-,15+/m1/s1. The van der Waals surface area contributed by atoms with E-state index in [1.54, 1.807) is 25.3 Å². The van der Waals surface area contributed by atoms with Gasteiger partial charge in [-0.25, -0.2) is 4.79 Å². The molecular formula is C17H20Cl2N2O3S. The second kappa shape index (κ2) is 8.36. The zero-order chi connectivity index (χ0) is 18.7. The number of allylic oxidation sites excluding steroid dienone is 1. The van der Waals surface area contributed by atoms with Gasteiger partial charge in [0.25, 0.3) is 0 Å². The Bertz CT molecular complexity index is 704. The molecule has 0 bridgehead atoms.